The Morgan fingerprint density at radius 3 is 2.70 bits per heavy atom. The molecule has 1 aliphatic rings. The van der Waals surface area contributed by atoms with Gasteiger partial charge in [-0.25, -0.2) is 0 Å². The lowest BCUT2D eigenvalue weighted by Gasteiger charge is -2.31. The van der Waals surface area contributed by atoms with Gasteiger partial charge in [-0.15, -0.1) is 0 Å². The zero-order valence-corrected chi connectivity index (χ0v) is 12.9. The van der Waals surface area contributed by atoms with Gasteiger partial charge in [-0.05, 0) is 38.5 Å². The highest BCUT2D eigenvalue weighted by atomic mass is 16.2. The van der Waals surface area contributed by atoms with Crippen molar-refractivity contribution in [1.82, 2.24) is 10.6 Å². The minimum absolute atomic E-state index is 0.000361. The topological polar surface area (TPSA) is 84.2 Å². The number of nitrogens with one attached hydrogen (secondary N) is 2. The van der Waals surface area contributed by atoms with Crippen LogP contribution < -0.4 is 16.4 Å². The molecule has 2 amide bonds. The second-order valence-electron chi connectivity index (χ2n) is 6.11. The molecule has 116 valence electrons. The first-order chi connectivity index (χ1) is 9.43. The van der Waals surface area contributed by atoms with E-state index in [1.807, 2.05) is 13.8 Å². The minimum Gasteiger partial charge on any atom is -0.355 e. The molecule has 0 aliphatic heterocycles. The molecule has 0 heterocycles. The SMILES string of the molecule is CCC(C)NC(=O)CCNC(=O)C1CC(C)CCC1N. The van der Waals surface area contributed by atoms with Gasteiger partial charge in [0.2, 0.25) is 11.8 Å². The normalized spacial score (nSPS) is 27.7. The average molecular weight is 283 g/mol. The summed E-state index contributed by atoms with van der Waals surface area (Å²) in [6.45, 7) is 6.54. The number of carbonyl (C=O) groups excluding carboxylic acids is 2. The van der Waals surface area contributed by atoms with Gasteiger partial charge in [-0.1, -0.05) is 13.8 Å². The molecule has 0 aromatic heterocycles. The molecule has 4 atom stereocenters. The van der Waals surface area contributed by atoms with Gasteiger partial charge in [0.05, 0.1) is 5.92 Å². The van der Waals surface area contributed by atoms with Crippen LogP contribution in [0.5, 0.6) is 0 Å². The van der Waals surface area contributed by atoms with Crippen molar-refractivity contribution in [2.75, 3.05) is 6.54 Å². The highest BCUT2D eigenvalue weighted by molar-refractivity contribution is 5.81. The summed E-state index contributed by atoms with van der Waals surface area (Å²) in [5, 5.41) is 5.73. The van der Waals surface area contributed by atoms with Crippen molar-refractivity contribution in [3.8, 4) is 0 Å². The third kappa shape index (κ3) is 5.49. The van der Waals surface area contributed by atoms with Crippen LogP contribution in [0.2, 0.25) is 0 Å². The van der Waals surface area contributed by atoms with Gasteiger partial charge in [0.15, 0.2) is 0 Å². The van der Waals surface area contributed by atoms with Gasteiger partial charge in [0.25, 0.3) is 0 Å². The molecule has 0 spiro atoms. The third-order valence-corrected chi connectivity index (χ3v) is 4.17. The minimum atomic E-state index is -0.101. The number of hydrogen-bond donors (Lipinski definition) is 3. The van der Waals surface area contributed by atoms with E-state index in [0.29, 0.717) is 18.9 Å². The molecule has 5 nitrogen and oxygen atoms in total. The molecule has 4 N–H and O–H groups in total. The molecule has 4 unspecified atom stereocenters. The van der Waals surface area contributed by atoms with Gasteiger partial charge in [-0.2, -0.15) is 0 Å². The Kier molecular flexibility index (Phi) is 6.99. The van der Waals surface area contributed by atoms with Crippen molar-refractivity contribution in [2.24, 2.45) is 17.6 Å². The zero-order chi connectivity index (χ0) is 15.1. The van der Waals surface area contributed by atoms with Crippen LogP contribution in [0, 0.1) is 11.8 Å². The maximum Gasteiger partial charge on any atom is 0.224 e. The fourth-order valence-electron chi connectivity index (χ4n) is 2.59. The van der Waals surface area contributed by atoms with Gasteiger partial charge < -0.3 is 16.4 Å². The Morgan fingerprint density at radius 2 is 2.05 bits per heavy atom. The van der Waals surface area contributed by atoms with E-state index in [-0.39, 0.29) is 29.8 Å². The molecule has 0 bridgehead atoms. The third-order valence-electron chi connectivity index (χ3n) is 4.17. The number of carbonyl (C=O) groups is 2. The summed E-state index contributed by atoms with van der Waals surface area (Å²) in [5.41, 5.74) is 6.02. The Hall–Kier alpha value is -1.10. The van der Waals surface area contributed by atoms with Crippen LogP contribution >= 0.6 is 0 Å². The van der Waals surface area contributed by atoms with Gasteiger partial charge in [0, 0.05) is 25.0 Å². The van der Waals surface area contributed by atoms with E-state index in [0.717, 1.165) is 25.7 Å². The average Bonchev–Trinajstić information content (AvgIpc) is 2.41. The second-order valence-corrected chi connectivity index (χ2v) is 6.11. The van der Waals surface area contributed by atoms with Crippen LogP contribution in [0.3, 0.4) is 0 Å². The fraction of sp³-hybridized carbons (Fsp3) is 0.867. The van der Waals surface area contributed by atoms with E-state index < -0.39 is 0 Å². The largest absolute Gasteiger partial charge is 0.355 e. The van der Waals surface area contributed by atoms with Gasteiger partial charge in [0.1, 0.15) is 0 Å². The molecular formula is C15H29N3O2. The maximum atomic E-state index is 12.1. The Labute approximate surface area is 122 Å². The molecule has 1 rings (SSSR count). The van der Waals surface area contributed by atoms with E-state index in [9.17, 15) is 9.59 Å². The van der Waals surface area contributed by atoms with Crippen molar-refractivity contribution >= 4 is 11.8 Å². The lowest BCUT2D eigenvalue weighted by atomic mass is 9.79. The molecule has 1 saturated carbocycles. The van der Waals surface area contributed by atoms with E-state index >= 15 is 0 Å². The van der Waals surface area contributed by atoms with Gasteiger partial charge >= 0.3 is 0 Å². The van der Waals surface area contributed by atoms with Crippen molar-refractivity contribution in [1.29, 1.82) is 0 Å². The summed E-state index contributed by atoms with van der Waals surface area (Å²) in [4.78, 5) is 23.7. The summed E-state index contributed by atoms with van der Waals surface area (Å²) in [7, 11) is 0. The molecule has 1 aliphatic carbocycles. The van der Waals surface area contributed by atoms with Crippen LogP contribution in [0.25, 0.3) is 0 Å². The summed E-state index contributed by atoms with van der Waals surface area (Å²) in [6, 6.07) is 0.144. The van der Waals surface area contributed by atoms with Crippen molar-refractivity contribution < 1.29 is 9.59 Å². The molecule has 5 heteroatoms. The zero-order valence-electron chi connectivity index (χ0n) is 12.9. The molecule has 20 heavy (non-hydrogen) atoms. The Bertz CT molecular complexity index is 333. The molecule has 0 radical (unpaired) electrons. The summed E-state index contributed by atoms with van der Waals surface area (Å²) in [6.07, 6.45) is 4.10. The van der Waals surface area contributed by atoms with E-state index in [1.165, 1.54) is 0 Å². The van der Waals surface area contributed by atoms with Crippen molar-refractivity contribution in [3.63, 3.8) is 0 Å². The number of amides is 2. The number of rotatable bonds is 6. The van der Waals surface area contributed by atoms with Gasteiger partial charge in [-0.3, -0.25) is 9.59 Å². The summed E-state index contributed by atoms with van der Waals surface area (Å²) >= 11 is 0. The first-order valence-electron chi connectivity index (χ1n) is 7.76. The standard InChI is InChI=1S/C15H29N3O2/c1-4-11(3)18-14(19)7-8-17-15(20)12-9-10(2)5-6-13(12)16/h10-13H,4-9,16H2,1-3H3,(H,17,20)(H,18,19). The first kappa shape index (κ1) is 17.0. The second kappa shape index (κ2) is 8.25. The molecule has 0 aromatic carbocycles. The van der Waals surface area contributed by atoms with E-state index in [1.54, 1.807) is 0 Å². The smallest absolute Gasteiger partial charge is 0.224 e. The van der Waals surface area contributed by atoms with Crippen LogP contribution in [-0.4, -0.2) is 30.4 Å². The van der Waals surface area contributed by atoms with Crippen LogP contribution in [0.15, 0.2) is 0 Å². The van der Waals surface area contributed by atoms with Crippen molar-refractivity contribution in [3.05, 3.63) is 0 Å². The van der Waals surface area contributed by atoms with E-state index in [2.05, 4.69) is 17.6 Å². The maximum absolute atomic E-state index is 12.1. The Balaban J connectivity index is 2.27. The fourth-order valence-corrected chi connectivity index (χ4v) is 2.59. The molecule has 1 fully saturated rings. The summed E-state index contributed by atoms with van der Waals surface area (Å²) < 4.78 is 0. The van der Waals surface area contributed by atoms with Crippen LogP contribution in [0.4, 0.5) is 0 Å². The van der Waals surface area contributed by atoms with E-state index in [4.69, 9.17) is 5.73 Å². The first-order valence-corrected chi connectivity index (χ1v) is 7.76. The predicted octanol–water partition coefficient (Wildman–Crippen LogP) is 1.17. The highest BCUT2D eigenvalue weighted by Crippen LogP contribution is 2.27. The van der Waals surface area contributed by atoms with Crippen molar-refractivity contribution in [2.45, 2.75) is 65.0 Å². The number of nitrogens with two attached hydrogens (primary N) is 1. The summed E-state index contributed by atoms with van der Waals surface area (Å²) in [5.74, 6) is 0.442. The monoisotopic (exact) mass is 283 g/mol. The molecule has 0 aromatic rings. The number of hydrogen-bond acceptors (Lipinski definition) is 3. The lowest BCUT2D eigenvalue weighted by molar-refractivity contribution is -0.127. The predicted molar refractivity (Wildman–Crippen MR) is 80.0 cm³/mol. The molecular weight excluding hydrogens is 254 g/mol. The Morgan fingerprint density at radius 1 is 1.35 bits per heavy atom. The molecule has 0 saturated heterocycles. The highest BCUT2D eigenvalue weighted by Gasteiger charge is 2.31. The van der Waals surface area contributed by atoms with Crippen LogP contribution in [0.1, 0.15) is 52.9 Å². The van der Waals surface area contributed by atoms with Crippen LogP contribution in [-0.2, 0) is 9.59 Å². The lowest BCUT2D eigenvalue weighted by Crippen LogP contribution is -2.46. The quantitative estimate of drug-likeness (QED) is 0.684.